The molecule has 3 N–H and O–H groups in total. The molecule has 1 aromatic rings. The molecule has 0 aliphatic heterocycles. The monoisotopic (exact) mass is 307 g/mol. The minimum atomic E-state index is -4.02. The number of nitrogens with two attached hydrogens (primary N) is 1. The Bertz CT molecular complexity index is 564. The van der Waals surface area contributed by atoms with Gasteiger partial charge in [0.2, 0.25) is 10.0 Å². The van der Waals surface area contributed by atoms with Crippen LogP contribution in [0.25, 0.3) is 0 Å². The Morgan fingerprint density at radius 1 is 1.35 bits per heavy atom. The maximum absolute atomic E-state index is 13.9. The van der Waals surface area contributed by atoms with E-state index in [9.17, 15) is 17.2 Å². The summed E-state index contributed by atoms with van der Waals surface area (Å²) in [4.78, 5) is 1.31. The van der Waals surface area contributed by atoms with Crippen LogP contribution in [0.1, 0.15) is 12.5 Å². The predicted octanol–water partition coefficient (Wildman–Crippen LogP) is 0.653. The zero-order valence-electron chi connectivity index (χ0n) is 11.5. The molecule has 0 bridgehead atoms. The first-order valence-electron chi connectivity index (χ1n) is 6.18. The molecule has 0 aromatic heterocycles. The Hall–Kier alpha value is -1.09. The molecule has 0 aliphatic carbocycles. The predicted molar refractivity (Wildman–Crippen MR) is 72.6 cm³/mol. The summed E-state index contributed by atoms with van der Waals surface area (Å²) in [5, 5.41) is 0. The van der Waals surface area contributed by atoms with Crippen LogP contribution in [0.2, 0.25) is 0 Å². The first kappa shape index (κ1) is 17.0. The van der Waals surface area contributed by atoms with Gasteiger partial charge in [0.15, 0.2) is 5.82 Å². The second kappa shape index (κ2) is 7.07. The van der Waals surface area contributed by atoms with Crippen LogP contribution in [-0.4, -0.2) is 40.0 Å². The summed E-state index contributed by atoms with van der Waals surface area (Å²) < 4.78 is 53.4. The van der Waals surface area contributed by atoms with E-state index in [1.165, 1.54) is 0 Å². The summed E-state index contributed by atoms with van der Waals surface area (Å²) in [5.41, 5.74) is 4.79. The van der Waals surface area contributed by atoms with Gasteiger partial charge in [-0.3, -0.25) is 0 Å². The molecule has 0 fully saturated rings. The summed E-state index contributed by atoms with van der Waals surface area (Å²) >= 11 is 0. The van der Waals surface area contributed by atoms with E-state index in [-0.39, 0.29) is 6.54 Å². The molecule has 0 amide bonds. The van der Waals surface area contributed by atoms with Crippen LogP contribution in [0.3, 0.4) is 0 Å². The summed E-state index contributed by atoms with van der Waals surface area (Å²) in [6.45, 7) is 2.93. The van der Waals surface area contributed by atoms with Gasteiger partial charge in [-0.1, -0.05) is 6.92 Å². The topological polar surface area (TPSA) is 75.4 Å². The molecule has 0 radical (unpaired) electrons. The Kier molecular flexibility index (Phi) is 6.00. The average molecular weight is 307 g/mol. The quantitative estimate of drug-likeness (QED) is 0.776. The molecule has 0 spiro atoms. The smallest absolute Gasteiger partial charge is 0.243 e. The van der Waals surface area contributed by atoms with Gasteiger partial charge in [0, 0.05) is 25.2 Å². The average Bonchev–Trinajstić information content (AvgIpc) is 2.38. The maximum atomic E-state index is 13.9. The van der Waals surface area contributed by atoms with Gasteiger partial charge >= 0.3 is 0 Å². The fraction of sp³-hybridized carbons (Fsp3) is 0.500. The molecule has 1 rings (SSSR count). The molecule has 0 saturated heterocycles. The summed E-state index contributed by atoms with van der Waals surface area (Å²) in [6.07, 6.45) is 0. The van der Waals surface area contributed by atoms with Crippen molar-refractivity contribution in [1.29, 1.82) is 0 Å². The Morgan fingerprint density at radius 3 is 2.55 bits per heavy atom. The molecule has 114 valence electrons. The number of nitrogens with one attached hydrogen (secondary N) is 1. The molecular weight excluding hydrogens is 288 g/mol. The van der Waals surface area contributed by atoms with Gasteiger partial charge < -0.3 is 10.6 Å². The van der Waals surface area contributed by atoms with Gasteiger partial charge in [-0.15, -0.1) is 0 Å². The minimum absolute atomic E-state index is 0.140. The Balaban J connectivity index is 2.93. The molecule has 0 unspecified atom stereocenters. The van der Waals surface area contributed by atoms with Crippen LogP contribution in [0.5, 0.6) is 0 Å². The highest BCUT2D eigenvalue weighted by atomic mass is 32.2. The lowest BCUT2D eigenvalue weighted by Gasteiger charge is -2.15. The van der Waals surface area contributed by atoms with Crippen LogP contribution in [0, 0.1) is 11.6 Å². The zero-order valence-corrected chi connectivity index (χ0v) is 12.3. The zero-order chi connectivity index (χ0) is 15.3. The molecule has 1 aromatic carbocycles. The molecule has 0 heterocycles. The molecule has 0 atom stereocenters. The Morgan fingerprint density at radius 2 is 2.00 bits per heavy atom. The number of likely N-dealkylation sites (N-methyl/N-ethyl adjacent to an activating group) is 1. The van der Waals surface area contributed by atoms with Crippen molar-refractivity contribution in [2.24, 2.45) is 5.73 Å². The van der Waals surface area contributed by atoms with Crippen molar-refractivity contribution < 1.29 is 17.2 Å². The van der Waals surface area contributed by atoms with E-state index < -0.39 is 38.7 Å². The van der Waals surface area contributed by atoms with Crippen molar-refractivity contribution in [1.82, 2.24) is 9.62 Å². The van der Waals surface area contributed by atoms with E-state index in [4.69, 9.17) is 5.73 Å². The van der Waals surface area contributed by atoms with E-state index in [1.54, 1.807) is 0 Å². The SMILES string of the molecule is CCN(C)CCNS(=O)(=O)c1ccc(F)c(CN)c1F. The summed E-state index contributed by atoms with van der Waals surface area (Å²) in [7, 11) is -2.19. The molecule has 20 heavy (non-hydrogen) atoms. The minimum Gasteiger partial charge on any atom is -0.326 e. The molecule has 5 nitrogen and oxygen atoms in total. The molecule has 8 heteroatoms. The Labute approximate surface area is 117 Å². The van der Waals surface area contributed by atoms with Crippen molar-refractivity contribution in [3.05, 3.63) is 29.3 Å². The van der Waals surface area contributed by atoms with Crippen molar-refractivity contribution in [3.63, 3.8) is 0 Å². The number of halogens is 2. The van der Waals surface area contributed by atoms with E-state index in [0.717, 1.165) is 18.7 Å². The third kappa shape index (κ3) is 3.95. The van der Waals surface area contributed by atoms with Gasteiger partial charge in [0.1, 0.15) is 10.7 Å². The normalized spacial score (nSPS) is 12.1. The third-order valence-electron chi connectivity index (χ3n) is 2.97. The fourth-order valence-electron chi connectivity index (χ4n) is 1.58. The highest BCUT2D eigenvalue weighted by Crippen LogP contribution is 2.20. The van der Waals surface area contributed by atoms with Crippen molar-refractivity contribution in [2.45, 2.75) is 18.4 Å². The van der Waals surface area contributed by atoms with E-state index in [1.807, 2.05) is 18.9 Å². The van der Waals surface area contributed by atoms with Crippen LogP contribution in [0.15, 0.2) is 17.0 Å². The second-order valence-electron chi connectivity index (χ2n) is 4.34. The molecular formula is C12H19F2N3O2S. The van der Waals surface area contributed by atoms with E-state index >= 15 is 0 Å². The lowest BCUT2D eigenvalue weighted by atomic mass is 10.2. The highest BCUT2D eigenvalue weighted by Gasteiger charge is 2.22. The number of rotatable bonds is 7. The fourth-order valence-corrected chi connectivity index (χ4v) is 2.70. The lowest BCUT2D eigenvalue weighted by Crippen LogP contribution is -2.33. The first-order valence-corrected chi connectivity index (χ1v) is 7.67. The summed E-state index contributed by atoms with van der Waals surface area (Å²) in [6, 6.07) is 1.80. The van der Waals surface area contributed by atoms with Crippen LogP contribution in [0.4, 0.5) is 8.78 Å². The van der Waals surface area contributed by atoms with Crippen LogP contribution < -0.4 is 10.5 Å². The van der Waals surface area contributed by atoms with Gasteiger partial charge in [-0.2, -0.15) is 0 Å². The van der Waals surface area contributed by atoms with Gasteiger partial charge in [-0.05, 0) is 25.7 Å². The largest absolute Gasteiger partial charge is 0.326 e. The van der Waals surface area contributed by atoms with Gasteiger partial charge in [0.25, 0.3) is 0 Å². The number of hydrogen-bond donors (Lipinski definition) is 2. The van der Waals surface area contributed by atoms with E-state index in [0.29, 0.717) is 6.54 Å². The van der Waals surface area contributed by atoms with Crippen molar-refractivity contribution in [2.75, 3.05) is 26.7 Å². The number of hydrogen-bond acceptors (Lipinski definition) is 4. The number of benzene rings is 1. The number of nitrogens with zero attached hydrogens (tertiary/aromatic N) is 1. The first-order chi connectivity index (χ1) is 9.33. The van der Waals surface area contributed by atoms with E-state index in [2.05, 4.69) is 4.72 Å². The highest BCUT2D eigenvalue weighted by molar-refractivity contribution is 7.89. The lowest BCUT2D eigenvalue weighted by molar-refractivity contribution is 0.357. The summed E-state index contributed by atoms with van der Waals surface area (Å²) in [5.74, 6) is -1.99. The van der Waals surface area contributed by atoms with Gasteiger partial charge in [-0.25, -0.2) is 21.9 Å². The van der Waals surface area contributed by atoms with Crippen molar-refractivity contribution in [3.8, 4) is 0 Å². The standard InChI is InChI=1S/C12H19F2N3O2S/c1-3-17(2)7-6-16-20(18,19)11-5-4-10(13)9(8-15)12(11)14/h4-5,16H,3,6-8,15H2,1-2H3. The van der Waals surface area contributed by atoms with Gasteiger partial charge in [0.05, 0.1) is 0 Å². The molecule has 0 aliphatic rings. The third-order valence-corrected chi connectivity index (χ3v) is 4.45. The van der Waals surface area contributed by atoms with Crippen molar-refractivity contribution >= 4 is 10.0 Å². The molecule has 0 saturated carbocycles. The maximum Gasteiger partial charge on any atom is 0.243 e. The van der Waals surface area contributed by atoms with Crippen LogP contribution >= 0.6 is 0 Å². The second-order valence-corrected chi connectivity index (χ2v) is 6.07. The number of sulfonamides is 1. The van der Waals surface area contributed by atoms with Crippen LogP contribution in [-0.2, 0) is 16.6 Å².